The highest BCUT2D eigenvalue weighted by molar-refractivity contribution is 7.89. The summed E-state index contributed by atoms with van der Waals surface area (Å²) in [5.41, 5.74) is 3.24. The molecule has 2 aromatic rings. The van der Waals surface area contributed by atoms with E-state index in [-0.39, 0.29) is 29.9 Å². The van der Waals surface area contributed by atoms with Crippen LogP contribution in [-0.2, 0) is 21.4 Å². The molecule has 1 atom stereocenters. The molecule has 0 radical (unpaired) electrons. The number of amides is 1. The Kier molecular flexibility index (Phi) is 7.99. The summed E-state index contributed by atoms with van der Waals surface area (Å²) in [5, 5.41) is 2.91. The second-order valence-corrected chi connectivity index (χ2v) is 9.62. The van der Waals surface area contributed by atoms with E-state index in [2.05, 4.69) is 12.2 Å². The summed E-state index contributed by atoms with van der Waals surface area (Å²) in [6, 6.07) is 13.1. The molecule has 0 saturated carbocycles. The molecule has 0 bridgehead atoms. The first-order valence-electron chi connectivity index (χ1n) is 10.1. The molecule has 0 unspecified atom stereocenters. The van der Waals surface area contributed by atoms with Gasteiger partial charge in [0.2, 0.25) is 15.9 Å². The second kappa shape index (κ2) is 10.0. The third-order valence-corrected chi connectivity index (χ3v) is 6.95. The van der Waals surface area contributed by atoms with Crippen LogP contribution in [0.5, 0.6) is 0 Å². The Bertz CT molecular complexity index is 917. The average molecular weight is 417 g/mol. The van der Waals surface area contributed by atoms with Crippen molar-refractivity contribution < 1.29 is 13.2 Å². The van der Waals surface area contributed by atoms with Gasteiger partial charge in [-0.1, -0.05) is 61.4 Å². The fourth-order valence-corrected chi connectivity index (χ4v) is 5.50. The quantitative estimate of drug-likeness (QED) is 0.669. The van der Waals surface area contributed by atoms with Gasteiger partial charge in [-0.25, -0.2) is 8.42 Å². The maximum Gasteiger partial charge on any atom is 0.244 e. The Morgan fingerprint density at radius 3 is 2.21 bits per heavy atom. The molecule has 1 N–H and O–H groups in total. The van der Waals surface area contributed by atoms with E-state index in [4.69, 9.17) is 0 Å². The van der Waals surface area contributed by atoms with Gasteiger partial charge in [-0.15, -0.1) is 0 Å². The van der Waals surface area contributed by atoms with Crippen LogP contribution >= 0.6 is 0 Å². The van der Waals surface area contributed by atoms with Gasteiger partial charge in [-0.2, -0.15) is 4.31 Å². The molecule has 29 heavy (non-hydrogen) atoms. The minimum Gasteiger partial charge on any atom is -0.353 e. The lowest BCUT2D eigenvalue weighted by Crippen LogP contribution is -2.43. The highest BCUT2D eigenvalue weighted by Gasteiger charge is 2.30. The smallest absolute Gasteiger partial charge is 0.244 e. The highest BCUT2D eigenvalue weighted by atomic mass is 32.2. The van der Waals surface area contributed by atoms with Gasteiger partial charge in [-0.3, -0.25) is 4.79 Å². The Hall–Kier alpha value is -2.18. The average Bonchev–Trinajstić information content (AvgIpc) is 2.61. The number of aryl methyl sites for hydroxylation is 3. The Labute approximate surface area is 175 Å². The van der Waals surface area contributed by atoms with Gasteiger partial charge in [0.15, 0.2) is 0 Å². The van der Waals surface area contributed by atoms with E-state index in [1.807, 2.05) is 56.3 Å². The van der Waals surface area contributed by atoms with E-state index in [0.717, 1.165) is 24.0 Å². The van der Waals surface area contributed by atoms with Gasteiger partial charge in [0.25, 0.3) is 0 Å². The first-order valence-corrected chi connectivity index (χ1v) is 11.5. The van der Waals surface area contributed by atoms with Crippen molar-refractivity contribution in [2.75, 3.05) is 6.54 Å². The summed E-state index contributed by atoms with van der Waals surface area (Å²) in [6.45, 7) is 9.47. The van der Waals surface area contributed by atoms with Gasteiger partial charge >= 0.3 is 0 Å². The van der Waals surface area contributed by atoms with Crippen LogP contribution in [0.2, 0.25) is 0 Å². The molecule has 0 aliphatic rings. The summed E-state index contributed by atoms with van der Waals surface area (Å²) >= 11 is 0. The van der Waals surface area contributed by atoms with E-state index < -0.39 is 10.0 Å². The summed E-state index contributed by atoms with van der Waals surface area (Å²) < 4.78 is 28.4. The number of carbonyl (C=O) groups is 1. The van der Waals surface area contributed by atoms with E-state index in [1.165, 1.54) is 4.31 Å². The van der Waals surface area contributed by atoms with Crippen LogP contribution < -0.4 is 5.32 Å². The van der Waals surface area contributed by atoms with Crippen LogP contribution in [0.4, 0.5) is 0 Å². The topological polar surface area (TPSA) is 66.5 Å². The standard InChI is InChI=1S/C23H32N2O3S/c1-6-10-20(5)24-22(26)16-25(15-21-11-8-7-9-12-21)29(27,28)23-18(3)13-17(2)14-19(23)4/h7-9,11-14,20H,6,10,15-16H2,1-5H3,(H,24,26)/t20-/m0/s1. The molecule has 158 valence electrons. The van der Waals surface area contributed by atoms with Gasteiger partial charge in [0, 0.05) is 12.6 Å². The maximum absolute atomic E-state index is 13.6. The summed E-state index contributed by atoms with van der Waals surface area (Å²) in [6.07, 6.45) is 1.81. The van der Waals surface area contributed by atoms with Gasteiger partial charge in [-0.05, 0) is 50.8 Å². The molecule has 0 saturated heterocycles. The van der Waals surface area contributed by atoms with E-state index >= 15 is 0 Å². The Morgan fingerprint density at radius 2 is 1.66 bits per heavy atom. The first-order chi connectivity index (χ1) is 13.6. The molecule has 2 aromatic carbocycles. The van der Waals surface area contributed by atoms with Crippen LogP contribution in [0.1, 0.15) is 48.9 Å². The van der Waals surface area contributed by atoms with Gasteiger partial charge < -0.3 is 5.32 Å². The third-order valence-electron chi connectivity index (χ3n) is 4.85. The van der Waals surface area contributed by atoms with Crippen molar-refractivity contribution >= 4 is 15.9 Å². The molecule has 0 heterocycles. The van der Waals surface area contributed by atoms with Crippen molar-refractivity contribution in [3.05, 3.63) is 64.7 Å². The van der Waals surface area contributed by atoms with Crippen LogP contribution in [-0.4, -0.2) is 31.2 Å². The van der Waals surface area contributed by atoms with Crippen LogP contribution in [0.25, 0.3) is 0 Å². The third kappa shape index (κ3) is 6.15. The number of sulfonamides is 1. The Balaban J connectivity index is 2.39. The molecule has 6 heteroatoms. The van der Waals surface area contributed by atoms with E-state index in [1.54, 1.807) is 13.8 Å². The minimum absolute atomic E-state index is 0.0108. The number of nitrogens with zero attached hydrogens (tertiary/aromatic N) is 1. The molecule has 0 aliphatic carbocycles. The summed E-state index contributed by atoms with van der Waals surface area (Å²) in [5.74, 6) is -0.284. The van der Waals surface area contributed by atoms with Crippen LogP contribution in [0, 0.1) is 20.8 Å². The molecule has 2 rings (SSSR count). The van der Waals surface area contributed by atoms with Crippen molar-refractivity contribution in [3.8, 4) is 0 Å². The lowest BCUT2D eigenvalue weighted by atomic mass is 10.1. The molecule has 1 amide bonds. The predicted molar refractivity (Wildman–Crippen MR) is 117 cm³/mol. The molecular formula is C23H32N2O3S. The lowest BCUT2D eigenvalue weighted by molar-refractivity contribution is -0.122. The Morgan fingerprint density at radius 1 is 1.07 bits per heavy atom. The second-order valence-electron chi connectivity index (χ2n) is 7.74. The van der Waals surface area contributed by atoms with E-state index in [0.29, 0.717) is 11.1 Å². The number of nitrogens with one attached hydrogen (secondary N) is 1. The maximum atomic E-state index is 13.6. The molecule has 0 fully saturated rings. The zero-order chi connectivity index (χ0) is 21.6. The van der Waals surface area contributed by atoms with Crippen LogP contribution in [0.3, 0.4) is 0 Å². The summed E-state index contributed by atoms with van der Waals surface area (Å²) in [7, 11) is -3.85. The normalized spacial score (nSPS) is 12.8. The predicted octanol–water partition coefficient (Wildman–Crippen LogP) is 4.11. The van der Waals surface area contributed by atoms with Crippen LogP contribution in [0.15, 0.2) is 47.4 Å². The number of hydrogen-bond acceptors (Lipinski definition) is 3. The van der Waals surface area contributed by atoms with Crippen molar-refractivity contribution in [1.82, 2.24) is 9.62 Å². The first kappa shape index (κ1) is 23.1. The fraction of sp³-hybridized carbons (Fsp3) is 0.435. The number of hydrogen-bond donors (Lipinski definition) is 1. The molecule has 0 spiro atoms. The lowest BCUT2D eigenvalue weighted by Gasteiger charge is -2.25. The molecule has 0 aromatic heterocycles. The molecule has 5 nitrogen and oxygen atoms in total. The zero-order valence-corrected chi connectivity index (χ0v) is 18.8. The van der Waals surface area contributed by atoms with Gasteiger partial charge in [0.1, 0.15) is 0 Å². The molecular weight excluding hydrogens is 384 g/mol. The fourth-order valence-electron chi connectivity index (χ4n) is 3.70. The van der Waals surface area contributed by atoms with Crippen molar-refractivity contribution in [3.63, 3.8) is 0 Å². The number of rotatable bonds is 9. The summed E-state index contributed by atoms with van der Waals surface area (Å²) in [4.78, 5) is 12.9. The van der Waals surface area contributed by atoms with Crippen molar-refractivity contribution in [1.29, 1.82) is 0 Å². The highest BCUT2D eigenvalue weighted by Crippen LogP contribution is 2.26. The largest absolute Gasteiger partial charge is 0.353 e. The van der Waals surface area contributed by atoms with Crippen molar-refractivity contribution in [2.45, 2.75) is 64.9 Å². The van der Waals surface area contributed by atoms with E-state index in [9.17, 15) is 13.2 Å². The SMILES string of the molecule is CCC[C@H](C)NC(=O)CN(Cc1ccccc1)S(=O)(=O)c1c(C)cc(C)cc1C. The monoisotopic (exact) mass is 416 g/mol. The number of carbonyl (C=O) groups excluding carboxylic acids is 1. The number of benzene rings is 2. The molecule has 0 aliphatic heterocycles. The van der Waals surface area contributed by atoms with Crippen molar-refractivity contribution in [2.24, 2.45) is 0 Å². The van der Waals surface area contributed by atoms with Gasteiger partial charge in [0.05, 0.1) is 11.4 Å². The minimum atomic E-state index is -3.85. The zero-order valence-electron chi connectivity index (χ0n) is 18.0.